The number of thioether (sulfide) groups is 1. The zero-order valence-corrected chi connectivity index (χ0v) is 10.5. The van der Waals surface area contributed by atoms with Gasteiger partial charge in [-0.3, -0.25) is 4.79 Å². The molecule has 0 aliphatic carbocycles. The third-order valence-electron chi connectivity index (χ3n) is 3.02. The maximum absolute atomic E-state index is 11.7. The lowest BCUT2D eigenvalue weighted by Gasteiger charge is -2.25. The van der Waals surface area contributed by atoms with Crippen LogP contribution in [0.4, 0.5) is 0 Å². The van der Waals surface area contributed by atoms with Crippen LogP contribution in [-0.2, 0) is 4.79 Å². The predicted octanol–water partition coefficient (Wildman–Crippen LogP) is 1.52. The maximum Gasteiger partial charge on any atom is 0.239 e. The van der Waals surface area contributed by atoms with Crippen LogP contribution in [0.5, 0.6) is 0 Å². The molecule has 0 saturated carbocycles. The second-order valence-electron chi connectivity index (χ2n) is 4.47. The molecule has 3 nitrogen and oxygen atoms in total. The van der Waals surface area contributed by atoms with Gasteiger partial charge in [0.15, 0.2) is 0 Å². The summed E-state index contributed by atoms with van der Waals surface area (Å²) in [7, 11) is 0. The molecule has 0 aromatic heterocycles. The van der Waals surface area contributed by atoms with E-state index in [2.05, 4.69) is 5.32 Å². The van der Waals surface area contributed by atoms with Crippen molar-refractivity contribution < 1.29 is 4.79 Å². The Kier molecular flexibility index (Phi) is 4.93. The van der Waals surface area contributed by atoms with Crippen molar-refractivity contribution in [1.29, 1.82) is 0 Å². The van der Waals surface area contributed by atoms with Gasteiger partial charge in [-0.1, -0.05) is 13.3 Å². The van der Waals surface area contributed by atoms with Gasteiger partial charge in [-0.25, -0.2) is 0 Å². The lowest BCUT2D eigenvalue weighted by atomic mass is 9.99. The molecule has 15 heavy (non-hydrogen) atoms. The van der Waals surface area contributed by atoms with E-state index in [-0.39, 0.29) is 5.91 Å². The van der Waals surface area contributed by atoms with Crippen molar-refractivity contribution in [1.82, 2.24) is 5.32 Å². The van der Waals surface area contributed by atoms with Gasteiger partial charge in [-0.2, -0.15) is 11.8 Å². The van der Waals surface area contributed by atoms with Crippen molar-refractivity contribution in [3.05, 3.63) is 0 Å². The normalized spacial score (nSPS) is 25.7. The number of nitrogens with one attached hydrogen (secondary N) is 1. The number of hydrogen-bond donors (Lipinski definition) is 2. The number of nitrogens with two attached hydrogens (primary N) is 1. The van der Waals surface area contributed by atoms with Gasteiger partial charge in [0.1, 0.15) is 0 Å². The lowest BCUT2D eigenvalue weighted by Crippen LogP contribution is -2.52. The molecular weight excluding hydrogens is 208 g/mol. The van der Waals surface area contributed by atoms with Gasteiger partial charge in [0, 0.05) is 11.8 Å². The summed E-state index contributed by atoms with van der Waals surface area (Å²) in [5, 5.41) is 3.55. The van der Waals surface area contributed by atoms with E-state index in [0.717, 1.165) is 6.54 Å². The molecule has 4 heteroatoms. The molecule has 3 N–H and O–H groups in total. The van der Waals surface area contributed by atoms with Crippen LogP contribution >= 0.6 is 11.8 Å². The molecule has 0 aromatic rings. The summed E-state index contributed by atoms with van der Waals surface area (Å²) in [6.45, 7) is 4.50. The summed E-state index contributed by atoms with van der Waals surface area (Å²) >= 11 is 1.97. The molecule has 0 spiro atoms. The van der Waals surface area contributed by atoms with Crippen LogP contribution in [0.2, 0.25) is 0 Å². The fourth-order valence-corrected chi connectivity index (χ4v) is 2.78. The van der Waals surface area contributed by atoms with E-state index >= 15 is 0 Å². The Morgan fingerprint density at radius 3 is 2.87 bits per heavy atom. The van der Waals surface area contributed by atoms with Crippen LogP contribution in [0.3, 0.4) is 0 Å². The van der Waals surface area contributed by atoms with Crippen LogP contribution in [0.1, 0.15) is 39.5 Å². The smallest absolute Gasteiger partial charge is 0.239 e. The zero-order chi connectivity index (χ0) is 11.3. The third-order valence-corrected chi connectivity index (χ3v) is 4.42. The first kappa shape index (κ1) is 12.8. The molecule has 1 fully saturated rings. The van der Waals surface area contributed by atoms with Gasteiger partial charge in [0.25, 0.3) is 0 Å². The van der Waals surface area contributed by atoms with E-state index in [0.29, 0.717) is 11.7 Å². The summed E-state index contributed by atoms with van der Waals surface area (Å²) in [5.74, 6) is 1.21. The number of hydrogen-bond acceptors (Lipinski definition) is 3. The Labute approximate surface area is 96.6 Å². The number of amides is 1. The average Bonchev–Trinajstić information content (AvgIpc) is 2.27. The van der Waals surface area contributed by atoms with E-state index in [1.165, 1.54) is 25.0 Å². The van der Waals surface area contributed by atoms with Gasteiger partial charge in [-0.05, 0) is 31.9 Å². The molecule has 2 atom stereocenters. The summed E-state index contributed by atoms with van der Waals surface area (Å²) in [4.78, 5) is 11.7. The monoisotopic (exact) mass is 230 g/mol. The second-order valence-corrected chi connectivity index (χ2v) is 5.88. The molecule has 1 aliphatic rings. The standard InChI is InChI=1S/C11H22N2OS/c1-3-11(2,12)10(14)13-8-9-6-4-5-7-15-9/h9H,3-8,12H2,1-2H3,(H,13,14). The number of rotatable bonds is 4. The van der Waals surface area contributed by atoms with Gasteiger partial charge in [-0.15, -0.1) is 0 Å². The molecule has 0 radical (unpaired) electrons. The van der Waals surface area contributed by atoms with Crippen molar-refractivity contribution in [2.75, 3.05) is 12.3 Å². The Hall–Kier alpha value is -0.220. The summed E-state index contributed by atoms with van der Waals surface area (Å²) in [6.07, 6.45) is 4.51. The molecule has 1 aliphatic heterocycles. The molecule has 1 heterocycles. The average molecular weight is 230 g/mol. The first-order valence-electron chi connectivity index (χ1n) is 5.75. The van der Waals surface area contributed by atoms with Crippen LogP contribution in [0.25, 0.3) is 0 Å². The largest absolute Gasteiger partial charge is 0.353 e. The van der Waals surface area contributed by atoms with Gasteiger partial charge in [0.2, 0.25) is 5.91 Å². The maximum atomic E-state index is 11.7. The Morgan fingerprint density at radius 2 is 2.33 bits per heavy atom. The topological polar surface area (TPSA) is 55.1 Å². The van der Waals surface area contributed by atoms with Crippen LogP contribution < -0.4 is 11.1 Å². The van der Waals surface area contributed by atoms with Crippen molar-refractivity contribution in [2.45, 2.75) is 50.3 Å². The van der Waals surface area contributed by atoms with Gasteiger partial charge >= 0.3 is 0 Å². The Bertz CT molecular complexity index is 213. The van der Waals surface area contributed by atoms with Crippen LogP contribution in [-0.4, -0.2) is 29.0 Å². The fraction of sp³-hybridized carbons (Fsp3) is 0.909. The lowest BCUT2D eigenvalue weighted by molar-refractivity contribution is -0.125. The molecule has 1 amide bonds. The first-order chi connectivity index (χ1) is 7.06. The molecule has 0 aromatic carbocycles. The minimum atomic E-state index is -0.709. The SMILES string of the molecule is CCC(C)(N)C(=O)NCC1CCCCS1. The van der Waals surface area contributed by atoms with Gasteiger partial charge in [0.05, 0.1) is 5.54 Å². The minimum absolute atomic E-state index is 0.0174. The predicted molar refractivity (Wildman–Crippen MR) is 66.0 cm³/mol. The van der Waals surface area contributed by atoms with Crippen molar-refractivity contribution in [2.24, 2.45) is 5.73 Å². The second kappa shape index (κ2) is 5.75. The first-order valence-corrected chi connectivity index (χ1v) is 6.80. The fourth-order valence-electron chi connectivity index (χ4n) is 1.54. The molecular formula is C11H22N2OS. The molecule has 88 valence electrons. The zero-order valence-electron chi connectivity index (χ0n) is 9.71. The van der Waals surface area contributed by atoms with E-state index in [1.54, 1.807) is 6.92 Å². The Morgan fingerprint density at radius 1 is 1.60 bits per heavy atom. The number of carbonyl (C=O) groups excluding carboxylic acids is 1. The van der Waals surface area contributed by atoms with Crippen molar-refractivity contribution in [3.63, 3.8) is 0 Å². The van der Waals surface area contributed by atoms with Gasteiger partial charge < -0.3 is 11.1 Å². The Balaban J connectivity index is 2.26. The highest BCUT2D eigenvalue weighted by molar-refractivity contribution is 7.99. The molecule has 0 bridgehead atoms. The molecule has 2 unspecified atom stereocenters. The summed E-state index contributed by atoms with van der Waals surface area (Å²) in [6, 6.07) is 0. The highest BCUT2D eigenvalue weighted by atomic mass is 32.2. The van der Waals surface area contributed by atoms with Crippen molar-refractivity contribution in [3.8, 4) is 0 Å². The molecule has 1 rings (SSSR count). The van der Waals surface area contributed by atoms with E-state index in [9.17, 15) is 4.79 Å². The van der Waals surface area contributed by atoms with Crippen LogP contribution in [0.15, 0.2) is 0 Å². The minimum Gasteiger partial charge on any atom is -0.353 e. The van der Waals surface area contributed by atoms with E-state index < -0.39 is 5.54 Å². The third kappa shape index (κ3) is 4.03. The highest BCUT2D eigenvalue weighted by Crippen LogP contribution is 2.24. The summed E-state index contributed by atoms with van der Waals surface area (Å²) < 4.78 is 0. The van der Waals surface area contributed by atoms with E-state index in [4.69, 9.17) is 5.73 Å². The molecule has 1 saturated heterocycles. The quantitative estimate of drug-likeness (QED) is 0.770. The van der Waals surface area contributed by atoms with Crippen LogP contribution in [0, 0.1) is 0 Å². The van der Waals surface area contributed by atoms with E-state index in [1.807, 2.05) is 18.7 Å². The highest BCUT2D eigenvalue weighted by Gasteiger charge is 2.26. The van der Waals surface area contributed by atoms with Crippen molar-refractivity contribution >= 4 is 17.7 Å². The summed E-state index contributed by atoms with van der Waals surface area (Å²) in [5.41, 5.74) is 5.15. The number of carbonyl (C=O) groups is 1.